The Morgan fingerprint density at radius 2 is 1.79 bits per heavy atom. The van der Waals surface area contributed by atoms with E-state index < -0.39 is 0 Å². The normalized spacial score (nSPS) is 13.3. The summed E-state index contributed by atoms with van der Waals surface area (Å²) in [6.45, 7) is 5.33. The van der Waals surface area contributed by atoms with Gasteiger partial charge in [0.05, 0.1) is 18.0 Å². The molecular weight excluding hydrogens is 362 g/mol. The number of carbonyl (C=O) groups is 1. The number of para-hydroxylation sites is 1. The minimum atomic E-state index is -0.00926. The number of benzene rings is 2. The Labute approximate surface area is 171 Å². The van der Waals surface area contributed by atoms with Crippen molar-refractivity contribution in [2.45, 2.75) is 33.2 Å². The molecule has 0 radical (unpaired) electrons. The predicted octanol–water partition coefficient (Wildman–Crippen LogP) is 4.55. The summed E-state index contributed by atoms with van der Waals surface area (Å²) in [5, 5.41) is 4.68. The number of ether oxygens (including phenoxy) is 1. The average molecular weight is 389 g/mol. The first-order valence-electron chi connectivity index (χ1n) is 10.1. The van der Waals surface area contributed by atoms with E-state index in [-0.39, 0.29) is 5.91 Å². The fourth-order valence-corrected chi connectivity index (χ4v) is 3.45. The van der Waals surface area contributed by atoms with Crippen molar-refractivity contribution in [1.82, 2.24) is 14.7 Å². The van der Waals surface area contributed by atoms with Gasteiger partial charge in [0.15, 0.2) is 0 Å². The highest BCUT2D eigenvalue weighted by Crippen LogP contribution is 2.29. The van der Waals surface area contributed by atoms with Gasteiger partial charge in [-0.25, -0.2) is 4.68 Å². The highest BCUT2D eigenvalue weighted by molar-refractivity contribution is 5.94. The average Bonchev–Trinajstić information content (AvgIpc) is 3.54. The van der Waals surface area contributed by atoms with E-state index in [4.69, 9.17) is 4.74 Å². The lowest BCUT2D eigenvalue weighted by Gasteiger charge is -2.18. The molecule has 0 aliphatic heterocycles. The van der Waals surface area contributed by atoms with Crippen LogP contribution < -0.4 is 4.74 Å². The molecule has 1 aromatic heterocycles. The fraction of sp³-hybridized carbons (Fsp3) is 0.333. The van der Waals surface area contributed by atoms with Gasteiger partial charge in [0, 0.05) is 30.4 Å². The third-order valence-electron chi connectivity index (χ3n) is 5.47. The summed E-state index contributed by atoms with van der Waals surface area (Å²) in [7, 11) is 1.83. The van der Waals surface area contributed by atoms with Crippen LogP contribution >= 0.6 is 0 Å². The zero-order chi connectivity index (χ0) is 20.4. The lowest BCUT2D eigenvalue weighted by molar-refractivity contribution is 0.0784. The van der Waals surface area contributed by atoms with Crippen LogP contribution in [0.5, 0.6) is 5.75 Å². The summed E-state index contributed by atoms with van der Waals surface area (Å²) < 4.78 is 7.70. The molecule has 3 aromatic rings. The first kappa shape index (κ1) is 19.2. The number of hydrogen-bond acceptors (Lipinski definition) is 3. The molecule has 5 heteroatoms. The monoisotopic (exact) mass is 389 g/mol. The molecule has 1 aliphatic rings. The molecule has 1 heterocycles. The molecule has 2 aromatic carbocycles. The number of hydrogen-bond donors (Lipinski definition) is 0. The summed E-state index contributed by atoms with van der Waals surface area (Å²) in [6, 6.07) is 17.5. The van der Waals surface area contributed by atoms with Gasteiger partial charge in [-0.15, -0.1) is 0 Å². The van der Waals surface area contributed by atoms with Crippen LogP contribution in [0.1, 0.15) is 40.2 Å². The number of aromatic nitrogens is 2. The Hall–Kier alpha value is -3.08. The van der Waals surface area contributed by atoms with Gasteiger partial charge in [0.25, 0.3) is 5.91 Å². The Morgan fingerprint density at radius 3 is 2.45 bits per heavy atom. The lowest BCUT2D eigenvalue weighted by Crippen LogP contribution is -2.26. The van der Waals surface area contributed by atoms with Crippen LogP contribution in [0.15, 0.2) is 54.6 Å². The lowest BCUT2D eigenvalue weighted by atomic mass is 10.1. The Morgan fingerprint density at radius 1 is 1.10 bits per heavy atom. The topological polar surface area (TPSA) is 47.4 Å². The second-order valence-corrected chi connectivity index (χ2v) is 7.84. The molecule has 1 fully saturated rings. The molecule has 0 bridgehead atoms. The summed E-state index contributed by atoms with van der Waals surface area (Å²) in [5.74, 6) is 1.53. The molecule has 1 amide bonds. The molecule has 150 valence electrons. The van der Waals surface area contributed by atoms with Crippen LogP contribution in [0.4, 0.5) is 0 Å². The number of amides is 1. The maximum Gasteiger partial charge on any atom is 0.253 e. The molecule has 29 heavy (non-hydrogen) atoms. The van der Waals surface area contributed by atoms with Crippen LogP contribution in [-0.4, -0.2) is 34.2 Å². The standard InChI is InChI=1S/C24H27N3O2/c1-17-23(18(2)27(25-17)21-7-5-4-6-8-21)15-26(3)24(28)20-11-13-22(14-12-20)29-16-19-9-10-19/h4-8,11-14,19H,9-10,15-16H2,1-3H3. The smallest absolute Gasteiger partial charge is 0.253 e. The molecule has 0 N–H and O–H groups in total. The van der Waals surface area contributed by atoms with E-state index in [2.05, 4.69) is 5.10 Å². The second kappa shape index (κ2) is 8.11. The van der Waals surface area contributed by atoms with E-state index in [1.807, 2.05) is 80.2 Å². The van der Waals surface area contributed by atoms with E-state index in [1.54, 1.807) is 4.90 Å². The van der Waals surface area contributed by atoms with Gasteiger partial charge in [0.1, 0.15) is 5.75 Å². The summed E-state index contributed by atoms with van der Waals surface area (Å²) in [5.41, 5.74) is 4.76. The van der Waals surface area contributed by atoms with Gasteiger partial charge in [0.2, 0.25) is 0 Å². The zero-order valence-corrected chi connectivity index (χ0v) is 17.3. The molecule has 1 aliphatic carbocycles. The SMILES string of the molecule is Cc1nn(-c2ccccc2)c(C)c1CN(C)C(=O)c1ccc(OCC2CC2)cc1. The predicted molar refractivity (Wildman–Crippen MR) is 113 cm³/mol. The molecule has 0 atom stereocenters. The van der Waals surface area contributed by atoms with Gasteiger partial charge in [-0.2, -0.15) is 5.10 Å². The Kier molecular flexibility index (Phi) is 5.38. The van der Waals surface area contributed by atoms with Gasteiger partial charge in [-0.3, -0.25) is 4.79 Å². The van der Waals surface area contributed by atoms with Crippen LogP contribution in [-0.2, 0) is 6.54 Å². The van der Waals surface area contributed by atoms with E-state index in [0.717, 1.165) is 35.0 Å². The highest BCUT2D eigenvalue weighted by atomic mass is 16.5. The molecule has 0 unspecified atom stereocenters. The quantitative estimate of drug-likeness (QED) is 0.596. The van der Waals surface area contributed by atoms with Crippen molar-refractivity contribution >= 4 is 5.91 Å². The Balaban J connectivity index is 1.45. The van der Waals surface area contributed by atoms with Gasteiger partial charge >= 0.3 is 0 Å². The van der Waals surface area contributed by atoms with Gasteiger partial charge < -0.3 is 9.64 Å². The summed E-state index contributed by atoms with van der Waals surface area (Å²) in [6.07, 6.45) is 2.53. The first-order chi connectivity index (χ1) is 14.0. The maximum absolute atomic E-state index is 12.9. The molecule has 4 rings (SSSR count). The van der Waals surface area contributed by atoms with Crippen LogP contribution in [0.3, 0.4) is 0 Å². The number of aryl methyl sites for hydroxylation is 1. The van der Waals surface area contributed by atoms with E-state index in [1.165, 1.54) is 12.8 Å². The van der Waals surface area contributed by atoms with Crippen molar-refractivity contribution in [1.29, 1.82) is 0 Å². The Bertz CT molecular complexity index is 989. The van der Waals surface area contributed by atoms with Crippen molar-refractivity contribution in [2.75, 3.05) is 13.7 Å². The largest absolute Gasteiger partial charge is 0.493 e. The maximum atomic E-state index is 12.9. The van der Waals surface area contributed by atoms with E-state index in [0.29, 0.717) is 18.0 Å². The van der Waals surface area contributed by atoms with Crippen LogP contribution in [0.2, 0.25) is 0 Å². The van der Waals surface area contributed by atoms with Crippen molar-refractivity contribution in [3.63, 3.8) is 0 Å². The second-order valence-electron chi connectivity index (χ2n) is 7.84. The van der Waals surface area contributed by atoms with E-state index in [9.17, 15) is 4.79 Å². The molecule has 0 saturated heterocycles. The third-order valence-corrected chi connectivity index (χ3v) is 5.47. The zero-order valence-electron chi connectivity index (χ0n) is 17.3. The van der Waals surface area contributed by atoms with Crippen molar-refractivity contribution in [3.8, 4) is 11.4 Å². The van der Waals surface area contributed by atoms with Crippen molar-refractivity contribution in [3.05, 3.63) is 77.1 Å². The summed E-state index contributed by atoms with van der Waals surface area (Å²) >= 11 is 0. The minimum absolute atomic E-state index is 0.00926. The summed E-state index contributed by atoms with van der Waals surface area (Å²) in [4.78, 5) is 14.6. The van der Waals surface area contributed by atoms with Crippen LogP contribution in [0.25, 0.3) is 5.69 Å². The minimum Gasteiger partial charge on any atom is -0.493 e. The molecular formula is C24H27N3O2. The van der Waals surface area contributed by atoms with Gasteiger partial charge in [-0.1, -0.05) is 18.2 Å². The van der Waals surface area contributed by atoms with E-state index >= 15 is 0 Å². The molecule has 1 saturated carbocycles. The fourth-order valence-electron chi connectivity index (χ4n) is 3.45. The van der Waals surface area contributed by atoms with Crippen molar-refractivity contribution < 1.29 is 9.53 Å². The number of rotatable bonds is 7. The number of carbonyl (C=O) groups excluding carboxylic acids is 1. The van der Waals surface area contributed by atoms with Crippen LogP contribution in [0, 0.1) is 19.8 Å². The number of nitrogens with zero attached hydrogens (tertiary/aromatic N) is 3. The third kappa shape index (κ3) is 4.34. The van der Waals surface area contributed by atoms with Crippen molar-refractivity contribution in [2.24, 2.45) is 5.92 Å². The first-order valence-corrected chi connectivity index (χ1v) is 10.1. The molecule has 0 spiro atoms. The highest BCUT2D eigenvalue weighted by Gasteiger charge is 2.22. The van der Waals surface area contributed by atoms with Gasteiger partial charge in [-0.05, 0) is 69.0 Å². The molecule has 5 nitrogen and oxygen atoms in total.